The van der Waals surface area contributed by atoms with E-state index in [1.807, 2.05) is 97.1 Å². The Kier molecular flexibility index (Phi) is 13.7. The van der Waals surface area contributed by atoms with E-state index in [0.717, 1.165) is 41.7 Å². The van der Waals surface area contributed by atoms with Crippen LogP contribution < -0.4 is 15.4 Å². The maximum absolute atomic E-state index is 13.5. The fourth-order valence-electron chi connectivity index (χ4n) is 5.25. The highest BCUT2D eigenvalue weighted by Gasteiger charge is 2.25. The van der Waals surface area contributed by atoms with Crippen molar-refractivity contribution in [2.24, 2.45) is 5.92 Å². The van der Waals surface area contributed by atoms with Crippen LogP contribution in [0.3, 0.4) is 0 Å². The van der Waals surface area contributed by atoms with E-state index in [9.17, 15) is 19.5 Å². The third-order valence-electron chi connectivity index (χ3n) is 7.75. The third kappa shape index (κ3) is 12.2. The number of nitrogens with one attached hydrogen (secondary N) is 2. The van der Waals surface area contributed by atoms with Gasteiger partial charge in [-0.15, -0.1) is 0 Å². The fraction of sp³-hybridized carbons (Fsp3) is 0.378. The normalized spacial score (nSPS) is 18.6. The van der Waals surface area contributed by atoms with Crippen LogP contribution in [0.1, 0.15) is 55.2 Å². The average molecular weight is 613 g/mol. The van der Waals surface area contributed by atoms with Crippen molar-refractivity contribution >= 4 is 17.8 Å². The zero-order valence-electron chi connectivity index (χ0n) is 25.7. The molecule has 0 aromatic heterocycles. The second kappa shape index (κ2) is 18.4. The number of cyclic esters (lactones) is 1. The number of hydrogen-bond donors (Lipinski definition) is 3. The van der Waals surface area contributed by atoms with Gasteiger partial charge in [0, 0.05) is 12.8 Å². The first-order valence-corrected chi connectivity index (χ1v) is 15.8. The number of aliphatic hydroxyl groups excluding tert-OH is 1. The number of allylic oxidation sites excluding steroid dienone is 2. The molecule has 3 N–H and O–H groups in total. The molecule has 238 valence electrons. The lowest BCUT2D eigenvalue weighted by molar-refractivity contribution is -0.145. The first kappa shape index (κ1) is 33.5. The molecule has 1 aliphatic heterocycles. The van der Waals surface area contributed by atoms with Crippen LogP contribution in [0, 0.1) is 5.92 Å². The second-order valence-electron chi connectivity index (χ2n) is 11.5. The zero-order valence-corrected chi connectivity index (χ0v) is 25.7. The number of benzene rings is 3. The summed E-state index contributed by atoms with van der Waals surface area (Å²) < 4.78 is 11.4. The molecule has 3 aromatic rings. The van der Waals surface area contributed by atoms with Crippen LogP contribution in [0.4, 0.5) is 0 Å². The first-order chi connectivity index (χ1) is 22.0. The van der Waals surface area contributed by atoms with E-state index >= 15 is 0 Å². The van der Waals surface area contributed by atoms with Gasteiger partial charge in [-0.05, 0) is 67.3 Å². The fourth-order valence-corrected chi connectivity index (χ4v) is 5.25. The Labute approximate surface area is 265 Å². The van der Waals surface area contributed by atoms with Gasteiger partial charge in [0.2, 0.25) is 11.8 Å². The van der Waals surface area contributed by atoms with Gasteiger partial charge in [-0.3, -0.25) is 14.4 Å². The number of amides is 2. The third-order valence-corrected chi connectivity index (χ3v) is 7.75. The lowest BCUT2D eigenvalue weighted by Crippen LogP contribution is -2.45. The van der Waals surface area contributed by atoms with Gasteiger partial charge in [0.25, 0.3) is 0 Å². The first-order valence-electron chi connectivity index (χ1n) is 15.8. The molecular formula is C37H44N2O6. The Morgan fingerprint density at radius 3 is 2.33 bits per heavy atom. The van der Waals surface area contributed by atoms with Crippen LogP contribution in [0.2, 0.25) is 0 Å². The number of carbonyl (C=O) groups excluding carboxylic acids is 3. The molecule has 3 atom stereocenters. The standard InChI is InChI=1S/C37H44N2O6/c40-25-32(22-29-18-20-34(21-19-29)44-26-30-14-8-5-9-15-30)38-35(41)24-31-16-10-2-1-3-11-17-36(42)45-27-33(39-37(31)43)23-28-12-6-4-7-13-28/h2,4-10,12-15,18-21,31-33,40H,1,3,11,16-17,22-27H2,(H,38,41)(H,39,43)/t31-,32+,33-/m1/s1. The molecule has 0 saturated heterocycles. The monoisotopic (exact) mass is 612 g/mol. The molecule has 0 fully saturated rings. The molecule has 1 aliphatic rings. The van der Waals surface area contributed by atoms with Crippen molar-refractivity contribution in [3.63, 3.8) is 0 Å². The molecule has 1 heterocycles. The summed E-state index contributed by atoms with van der Waals surface area (Å²) in [4.78, 5) is 38.9. The molecule has 0 radical (unpaired) electrons. The minimum absolute atomic E-state index is 0.0310. The van der Waals surface area contributed by atoms with Crippen molar-refractivity contribution < 1.29 is 29.0 Å². The maximum atomic E-state index is 13.5. The van der Waals surface area contributed by atoms with Crippen LogP contribution in [0.5, 0.6) is 5.75 Å². The smallest absolute Gasteiger partial charge is 0.305 e. The molecule has 3 aromatic carbocycles. The zero-order chi connectivity index (χ0) is 31.7. The molecule has 2 amide bonds. The molecule has 0 saturated carbocycles. The van der Waals surface area contributed by atoms with Gasteiger partial charge in [0.05, 0.1) is 24.6 Å². The molecular weight excluding hydrogens is 568 g/mol. The molecule has 0 bridgehead atoms. The van der Waals surface area contributed by atoms with Gasteiger partial charge < -0.3 is 25.2 Å². The SMILES string of the molecule is O=C(C[C@H]1CC=CCCCCC(=O)OC[C@@H](Cc2ccccc2)NC1=O)N[C@H](CO)Cc1ccc(OCc2ccccc2)cc1. The summed E-state index contributed by atoms with van der Waals surface area (Å²) in [5.41, 5.74) is 3.03. The van der Waals surface area contributed by atoms with Gasteiger partial charge in [-0.1, -0.05) is 84.9 Å². The number of hydrogen-bond acceptors (Lipinski definition) is 6. The van der Waals surface area contributed by atoms with Crippen LogP contribution in [-0.4, -0.2) is 48.2 Å². The number of carbonyl (C=O) groups is 3. The van der Waals surface area contributed by atoms with E-state index in [0.29, 0.717) is 32.3 Å². The highest BCUT2D eigenvalue weighted by molar-refractivity contribution is 5.86. The van der Waals surface area contributed by atoms with E-state index in [1.54, 1.807) is 0 Å². The van der Waals surface area contributed by atoms with Crippen molar-refractivity contribution in [1.29, 1.82) is 0 Å². The molecule has 8 nitrogen and oxygen atoms in total. The molecule has 0 aliphatic carbocycles. The number of ether oxygens (including phenoxy) is 2. The van der Waals surface area contributed by atoms with Gasteiger partial charge >= 0.3 is 5.97 Å². The van der Waals surface area contributed by atoms with Crippen molar-refractivity contribution in [2.75, 3.05) is 13.2 Å². The Morgan fingerprint density at radius 1 is 0.911 bits per heavy atom. The van der Waals surface area contributed by atoms with Gasteiger partial charge in [-0.2, -0.15) is 0 Å². The average Bonchev–Trinajstić information content (AvgIpc) is 3.06. The Bertz CT molecular complexity index is 1360. The molecule has 0 spiro atoms. The predicted molar refractivity (Wildman–Crippen MR) is 173 cm³/mol. The van der Waals surface area contributed by atoms with Gasteiger partial charge in [0.1, 0.15) is 19.0 Å². The predicted octanol–water partition coefficient (Wildman–Crippen LogP) is 5.08. The van der Waals surface area contributed by atoms with E-state index < -0.39 is 18.0 Å². The maximum Gasteiger partial charge on any atom is 0.305 e. The molecule has 0 unspecified atom stereocenters. The lowest BCUT2D eigenvalue weighted by atomic mass is 9.97. The number of esters is 1. The highest BCUT2D eigenvalue weighted by Crippen LogP contribution is 2.17. The van der Waals surface area contributed by atoms with Crippen LogP contribution in [0.15, 0.2) is 97.1 Å². The van der Waals surface area contributed by atoms with E-state index in [4.69, 9.17) is 9.47 Å². The van der Waals surface area contributed by atoms with Crippen LogP contribution in [0.25, 0.3) is 0 Å². The Balaban J connectivity index is 1.35. The highest BCUT2D eigenvalue weighted by atomic mass is 16.5. The van der Waals surface area contributed by atoms with Crippen molar-refractivity contribution in [2.45, 2.75) is 70.1 Å². The largest absolute Gasteiger partial charge is 0.489 e. The lowest BCUT2D eigenvalue weighted by Gasteiger charge is -2.23. The van der Waals surface area contributed by atoms with Crippen molar-refractivity contribution in [3.8, 4) is 5.75 Å². The summed E-state index contributed by atoms with van der Waals surface area (Å²) in [6, 6.07) is 26.3. The van der Waals surface area contributed by atoms with Crippen LogP contribution in [-0.2, 0) is 38.6 Å². The van der Waals surface area contributed by atoms with Crippen molar-refractivity contribution in [3.05, 3.63) is 114 Å². The summed E-state index contributed by atoms with van der Waals surface area (Å²) >= 11 is 0. The van der Waals surface area contributed by atoms with Crippen molar-refractivity contribution in [1.82, 2.24) is 10.6 Å². The van der Waals surface area contributed by atoms with E-state index in [1.165, 1.54) is 0 Å². The Morgan fingerprint density at radius 2 is 1.62 bits per heavy atom. The summed E-state index contributed by atoms with van der Waals surface area (Å²) in [6.07, 6.45) is 7.96. The minimum Gasteiger partial charge on any atom is -0.489 e. The van der Waals surface area contributed by atoms with Crippen LogP contribution >= 0.6 is 0 Å². The molecule has 4 rings (SSSR count). The summed E-state index contributed by atoms with van der Waals surface area (Å²) in [5.74, 6) is -0.726. The summed E-state index contributed by atoms with van der Waals surface area (Å²) in [7, 11) is 0. The summed E-state index contributed by atoms with van der Waals surface area (Å²) in [6.45, 7) is 0.299. The quantitative estimate of drug-likeness (QED) is 0.206. The van der Waals surface area contributed by atoms with E-state index in [2.05, 4.69) is 10.6 Å². The molecule has 45 heavy (non-hydrogen) atoms. The number of aliphatic hydroxyl groups is 1. The second-order valence-corrected chi connectivity index (χ2v) is 11.5. The molecule has 8 heteroatoms. The number of rotatable bonds is 11. The van der Waals surface area contributed by atoms with Gasteiger partial charge in [0.15, 0.2) is 0 Å². The van der Waals surface area contributed by atoms with E-state index in [-0.39, 0.29) is 37.4 Å². The Hall–Kier alpha value is -4.43. The summed E-state index contributed by atoms with van der Waals surface area (Å²) in [5, 5.41) is 16.0. The van der Waals surface area contributed by atoms with Gasteiger partial charge in [-0.25, -0.2) is 0 Å². The topological polar surface area (TPSA) is 114 Å². The minimum atomic E-state index is -0.612.